The largest absolute Gasteiger partial charge is 0.497 e. The molecule has 0 radical (unpaired) electrons. The Kier molecular flexibility index (Phi) is 6.53. The van der Waals surface area contributed by atoms with Crippen LogP contribution in [0.4, 0.5) is 0 Å². The molecule has 1 aliphatic rings. The van der Waals surface area contributed by atoms with Crippen molar-refractivity contribution in [3.05, 3.63) is 87.6 Å². The molecule has 2 heterocycles. The minimum Gasteiger partial charge on any atom is -0.497 e. The molecule has 3 aromatic rings. The third kappa shape index (κ3) is 5.10. The van der Waals surface area contributed by atoms with E-state index in [-0.39, 0.29) is 11.8 Å². The summed E-state index contributed by atoms with van der Waals surface area (Å²) in [5.74, 6) is 0.669. The van der Waals surface area contributed by atoms with Crippen molar-refractivity contribution in [1.82, 2.24) is 9.62 Å². The quantitative estimate of drug-likeness (QED) is 0.573. The van der Waals surface area contributed by atoms with Crippen LogP contribution in [0, 0.1) is 0 Å². The molecule has 7 heteroatoms. The molecule has 0 saturated carbocycles. The number of thiophene rings is 1. The van der Waals surface area contributed by atoms with E-state index in [9.17, 15) is 8.42 Å². The van der Waals surface area contributed by atoms with Crippen LogP contribution in [-0.2, 0) is 28.7 Å². The van der Waals surface area contributed by atoms with Crippen LogP contribution >= 0.6 is 11.3 Å². The molecule has 30 heavy (non-hydrogen) atoms. The molecule has 0 spiro atoms. The molecular weight excluding hydrogens is 416 g/mol. The Balaban J connectivity index is 1.46. The number of methoxy groups -OCH3 is 1. The molecule has 0 bridgehead atoms. The van der Waals surface area contributed by atoms with E-state index in [1.165, 1.54) is 11.1 Å². The Morgan fingerprint density at radius 3 is 2.57 bits per heavy atom. The fourth-order valence-corrected chi connectivity index (χ4v) is 5.76. The number of rotatable bonds is 8. The van der Waals surface area contributed by atoms with Crippen LogP contribution in [0.1, 0.15) is 28.3 Å². The van der Waals surface area contributed by atoms with Gasteiger partial charge >= 0.3 is 0 Å². The van der Waals surface area contributed by atoms with Gasteiger partial charge in [0.1, 0.15) is 5.75 Å². The minimum atomic E-state index is -3.45. The first kappa shape index (κ1) is 21.1. The van der Waals surface area contributed by atoms with Crippen molar-refractivity contribution < 1.29 is 13.2 Å². The van der Waals surface area contributed by atoms with E-state index in [1.54, 1.807) is 42.7 Å². The van der Waals surface area contributed by atoms with Crippen molar-refractivity contribution >= 4 is 21.4 Å². The van der Waals surface area contributed by atoms with E-state index in [4.69, 9.17) is 4.74 Å². The van der Waals surface area contributed by atoms with Crippen LogP contribution in [0.2, 0.25) is 0 Å². The molecule has 0 fully saturated rings. The second kappa shape index (κ2) is 9.31. The summed E-state index contributed by atoms with van der Waals surface area (Å²) in [4.78, 5) is 2.38. The lowest BCUT2D eigenvalue weighted by atomic mass is 9.97. The number of benzene rings is 2. The van der Waals surface area contributed by atoms with Gasteiger partial charge in [0, 0.05) is 25.7 Å². The summed E-state index contributed by atoms with van der Waals surface area (Å²) in [6, 6.07) is 17.7. The number of nitrogens with one attached hydrogen (secondary N) is 1. The highest BCUT2D eigenvalue weighted by Gasteiger charge is 2.26. The summed E-state index contributed by atoms with van der Waals surface area (Å²) in [7, 11) is -1.86. The first-order valence-electron chi connectivity index (χ1n) is 9.97. The molecule has 1 atom stereocenters. The number of nitrogens with zero attached hydrogens (tertiary/aromatic N) is 1. The van der Waals surface area contributed by atoms with E-state index >= 15 is 0 Å². The SMILES string of the molecule is COc1ccc(CS(=O)(=O)NCC(c2ccsc2)N2CCc3ccccc3C2)cc1. The predicted octanol–water partition coefficient (Wildman–Crippen LogP) is 3.98. The highest BCUT2D eigenvalue weighted by molar-refractivity contribution is 7.88. The number of hydrogen-bond donors (Lipinski definition) is 1. The first-order valence-corrected chi connectivity index (χ1v) is 12.6. The third-order valence-electron chi connectivity index (χ3n) is 5.54. The monoisotopic (exact) mass is 442 g/mol. The molecule has 158 valence electrons. The standard InChI is InChI=1S/C23H26N2O3S2/c1-28-22-8-6-18(7-9-22)17-30(26,27)24-14-23(21-11-13-29-16-21)25-12-10-19-4-2-3-5-20(19)15-25/h2-9,11,13,16,23-24H,10,12,14-15,17H2,1H3. The Morgan fingerprint density at radius 2 is 1.87 bits per heavy atom. The summed E-state index contributed by atoms with van der Waals surface area (Å²) in [5, 5.41) is 4.16. The molecular formula is C23H26N2O3S2. The molecule has 0 saturated heterocycles. The maximum atomic E-state index is 12.8. The van der Waals surface area contributed by atoms with Gasteiger partial charge in [-0.1, -0.05) is 36.4 Å². The van der Waals surface area contributed by atoms with Gasteiger partial charge in [-0.15, -0.1) is 0 Å². The third-order valence-corrected chi connectivity index (χ3v) is 7.56. The maximum absolute atomic E-state index is 12.8. The second-order valence-electron chi connectivity index (χ2n) is 7.52. The zero-order chi connectivity index (χ0) is 21.0. The van der Waals surface area contributed by atoms with Crippen LogP contribution in [0.15, 0.2) is 65.4 Å². The molecule has 0 aliphatic carbocycles. The van der Waals surface area contributed by atoms with Crippen molar-refractivity contribution in [3.63, 3.8) is 0 Å². The average molecular weight is 443 g/mol. The smallest absolute Gasteiger partial charge is 0.215 e. The molecule has 2 aromatic carbocycles. The van der Waals surface area contributed by atoms with Crippen molar-refractivity contribution in [2.75, 3.05) is 20.2 Å². The molecule has 1 aliphatic heterocycles. The second-order valence-corrected chi connectivity index (χ2v) is 10.1. The van der Waals surface area contributed by atoms with Crippen LogP contribution in [0.3, 0.4) is 0 Å². The van der Waals surface area contributed by atoms with Gasteiger partial charge in [-0.05, 0) is 57.6 Å². The normalized spacial score (nSPS) is 15.5. The summed E-state index contributed by atoms with van der Waals surface area (Å²) in [6.07, 6.45) is 0.982. The minimum absolute atomic E-state index is 0.00949. The fourth-order valence-electron chi connectivity index (χ4n) is 3.90. The number of sulfonamides is 1. The predicted molar refractivity (Wildman–Crippen MR) is 121 cm³/mol. The van der Waals surface area contributed by atoms with E-state index < -0.39 is 10.0 Å². The van der Waals surface area contributed by atoms with E-state index in [2.05, 4.69) is 45.3 Å². The lowest BCUT2D eigenvalue weighted by Gasteiger charge is -2.35. The molecule has 0 amide bonds. The van der Waals surface area contributed by atoms with Crippen molar-refractivity contribution in [3.8, 4) is 5.75 Å². The Morgan fingerprint density at radius 1 is 1.10 bits per heavy atom. The van der Waals surface area contributed by atoms with Crippen molar-refractivity contribution in [2.45, 2.75) is 24.8 Å². The average Bonchev–Trinajstić information content (AvgIpc) is 3.28. The summed E-state index contributed by atoms with van der Waals surface area (Å²) in [5.41, 5.74) is 4.61. The van der Waals surface area contributed by atoms with Gasteiger partial charge in [-0.25, -0.2) is 13.1 Å². The Bertz CT molecular complexity index is 1060. The highest BCUT2D eigenvalue weighted by atomic mass is 32.2. The number of fused-ring (bicyclic) bond motifs is 1. The number of hydrogen-bond acceptors (Lipinski definition) is 5. The summed E-state index contributed by atoms with van der Waals surface area (Å²) in [6.45, 7) is 2.10. The van der Waals surface area contributed by atoms with Crippen LogP contribution in [0.25, 0.3) is 0 Å². The molecule has 5 nitrogen and oxygen atoms in total. The van der Waals surface area contributed by atoms with Crippen molar-refractivity contribution in [1.29, 1.82) is 0 Å². The van der Waals surface area contributed by atoms with E-state index in [1.807, 2.05) is 5.38 Å². The van der Waals surface area contributed by atoms with Crippen LogP contribution < -0.4 is 9.46 Å². The highest BCUT2D eigenvalue weighted by Crippen LogP contribution is 2.29. The first-order chi connectivity index (χ1) is 14.5. The van der Waals surface area contributed by atoms with Gasteiger partial charge in [0.05, 0.1) is 12.9 Å². The van der Waals surface area contributed by atoms with Gasteiger partial charge in [0.25, 0.3) is 0 Å². The van der Waals surface area contributed by atoms with E-state index in [0.29, 0.717) is 12.3 Å². The molecule has 4 rings (SSSR count). The molecule has 1 N–H and O–H groups in total. The summed E-state index contributed by atoms with van der Waals surface area (Å²) >= 11 is 1.64. The van der Waals surface area contributed by atoms with Gasteiger partial charge in [0.2, 0.25) is 10.0 Å². The zero-order valence-electron chi connectivity index (χ0n) is 17.0. The summed E-state index contributed by atoms with van der Waals surface area (Å²) < 4.78 is 33.5. The Labute approximate surface area is 182 Å². The lowest BCUT2D eigenvalue weighted by Crippen LogP contribution is -2.40. The maximum Gasteiger partial charge on any atom is 0.215 e. The fraction of sp³-hybridized carbons (Fsp3) is 0.304. The van der Waals surface area contributed by atoms with Crippen LogP contribution in [-0.4, -0.2) is 33.5 Å². The van der Waals surface area contributed by atoms with Gasteiger partial charge in [-0.2, -0.15) is 11.3 Å². The topological polar surface area (TPSA) is 58.6 Å². The van der Waals surface area contributed by atoms with Crippen LogP contribution in [0.5, 0.6) is 5.75 Å². The number of ether oxygens (including phenoxy) is 1. The molecule has 1 unspecified atom stereocenters. The van der Waals surface area contributed by atoms with Gasteiger partial charge < -0.3 is 4.74 Å². The Hall–Kier alpha value is -2.19. The van der Waals surface area contributed by atoms with E-state index in [0.717, 1.165) is 30.6 Å². The molecule has 1 aromatic heterocycles. The van der Waals surface area contributed by atoms with Gasteiger partial charge in [0.15, 0.2) is 0 Å². The van der Waals surface area contributed by atoms with Crippen molar-refractivity contribution in [2.24, 2.45) is 0 Å². The lowest BCUT2D eigenvalue weighted by molar-refractivity contribution is 0.180. The zero-order valence-corrected chi connectivity index (χ0v) is 18.6. The van der Waals surface area contributed by atoms with Gasteiger partial charge in [-0.3, -0.25) is 4.90 Å².